The number of hydrogen-bond donors (Lipinski definition) is 1. The average Bonchev–Trinajstić information content (AvgIpc) is 1.86. The number of rotatable bonds is 3. The van der Waals surface area contributed by atoms with Crippen LogP contribution in [-0.4, -0.2) is 24.0 Å². The van der Waals surface area contributed by atoms with Crippen molar-refractivity contribution in [3.8, 4) is 0 Å². The quantitative estimate of drug-likeness (QED) is 0.460. The molecule has 0 aliphatic carbocycles. The van der Waals surface area contributed by atoms with Crippen molar-refractivity contribution < 1.29 is 4.79 Å². The molecule has 0 saturated heterocycles. The second-order valence-corrected chi connectivity index (χ2v) is 3.10. The molecule has 1 atom stereocenters. The van der Waals surface area contributed by atoms with E-state index >= 15 is 0 Å². The van der Waals surface area contributed by atoms with Gasteiger partial charge in [-0.05, 0) is 12.8 Å². The van der Waals surface area contributed by atoms with Gasteiger partial charge in [-0.1, -0.05) is 13.8 Å². The van der Waals surface area contributed by atoms with Crippen molar-refractivity contribution in [2.24, 2.45) is 11.7 Å². The molecule has 1 unspecified atom stereocenters. The van der Waals surface area contributed by atoms with Crippen LogP contribution >= 0.6 is 0 Å². The van der Waals surface area contributed by atoms with Gasteiger partial charge in [0.25, 0.3) is 0 Å². The van der Waals surface area contributed by atoms with Gasteiger partial charge >= 0.3 is 0 Å². The number of hydrogen-bond acceptors (Lipinski definition) is 2. The summed E-state index contributed by atoms with van der Waals surface area (Å²) in [5, 5.41) is 0. The Bertz CT molecular complexity index is 121. The Morgan fingerprint density at radius 2 is 2.00 bits per heavy atom. The second-order valence-electron chi connectivity index (χ2n) is 3.10. The normalized spacial score (nSPS) is 16.6. The Hall–Kier alpha value is -0.570. The fraction of sp³-hybridized carbons (Fsp3) is 0.857. The summed E-state index contributed by atoms with van der Waals surface area (Å²) < 4.78 is 0. The molecule has 0 aromatic heterocycles. The van der Waals surface area contributed by atoms with E-state index in [2.05, 4.69) is 0 Å². The molecule has 0 aliphatic heterocycles. The lowest BCUT2D eigenvalue weighted by Gasteiger charge is -2.36. The number of amides is 1. The third-order valence-electron chi connectivity index (χ3n) is 2.09. The molecular weight excluding hydrogens is 128 g/mol. The summed E-state index contributed by atoms with van der Waals surface area (Å²) >= 11 is 0. The lowest BCUT2D eigenvalue weighted by atomic mass is 9.98. The Morgan fingerprint density at radius 3 is 2.10 bits per heavy atom. The Labute approximate surface area is 62.2 Å². The minimum atomic E-state index is -0.526. The first-order valence-electron chi connectivity index (χ1n) is 3.40. The third kappa shape index (κ3) is 1.70. The van der Waals surface area contributed by atoms with Crippen LogP contribution in [0.15, 0.2) is 0 Å². The van der Waals surface area contributed by atoms with Crippen molar-refractivity contribution in [3.63, 3.8) is 0 Å². The summed E-state index contributed by atoms with van der Waals surface area (Å²) in [7, 11) is 1.69. The molecule has 0 aromatic carbocycles. The van der Waals surface area contributed by atoms with Gasteiger partial charge in [0, 0.05) is 7.05 Å². The summed E-state index contributed by atoms with van der Waals surface area (Å²) in [6, 6.07) is 0. The molecule has 3 heteroatoms. The summed E-state index contributed by atoms with van der Waals surface area (Å²) in [5.74, 6) is 0.266. The molecule has 60 valence electrons. The molecule has 1 amide bonds. The van der Waals surface area contributed by atoms with Gasteiger partial charge in [-0.2, -0.15) is 0 Å². The Balaban J connectivity index is 4.22. The van der Waals surface area contributed by atoms with Crippen LogP contribution in [0.25, 0.3) is 0 Å². The fourth-order valence-electron chi connectivity index (χ4n) is 0.521. The van der Waals surface area contributed by atoms with E-state index in [9.17, 15) is 4.79 Å². The van der Waals surface area contributed by atoms with E-state index in [1.165, 1.54) is 4.90 Å². The molecule has 0 saturated carbocycles. The van der Waals surface area contributed by atoms with E-state index in [4.69, 9.17) is 5.73 Å². The van der Waals surface area contributed by atoms with Gasteiger partial charge in [-0.3, -0.25) is 4.79 Å². The maximum absolute atomic E-state index is 10.3. The van der Waals surface area contributed by atoms with Gasteiger partial charge in [0.1, 0.15) is 0 Å². The molecule has 2 N–H and O–H groups in total. The van der Waals surface area contributed by atoms with Gasteiger partial charge in [-0.15, -0.1) is 0 Å². The standard InChI is InChI=1S/C7H16N2O/c1-6(2)7(3,8)9(4)5-10/h5-6H,8H2,1-4H3. The first-order chi connectivity index (χ1) is 4.42. The number of carbonyl (C=O) groups excluding carboxylic acids is 1. The van der Waals surface area contributed by atoms with E-state index in [0.29, 0.717) is 0 Å². The molecule has 0 heterocycles. The van der Waals surface area contributed by atoms with Crippen LogP contribution in [-0.2, 0) is 4.79 Å². The molecular formula is C7H16N2O. The topological polar surface area (TPSA) is 46.3 Å². The van der Waals surface area contributed by atoms with Crippen molar-refractivity contribution >= 4 is 6.41 Å². The van der Waals surface area contributed by atoms with E-state index in [1.807, 2.05) is 20.8 Å². The third-order valence-corrected chi connectivity index (χ3v) is 2.09. The molecule has 0 aromatic rings. The highest BCUT2D eigenvalue weighted by Crippen LogP contribution is 2.14. The van der Waals surface area contributed by atoms with Crippen LogP contribution in [0.1, 0.15) is 20.8 Å². The van der Waals surface area contributed by atoms with Gasteiger partial charge in [0.2, 0.25) is 6.41 Å². The molecule has 3 nitrogen and oxygen atoms in total. The van der Waals surface area contributed by atoms with E-state index in [-0.39, 0.29) is 5.92 Å². The molecule has 10 heavy (non-hydrogen) atoms. The molecule has 0 bridgehead atoms. The lowest BCUT2D eigenvalue weighted by Crippen LogP contribution is -2.55. The van der Waals surface area contributed by atoms with Crippen LogP contribution in [0.3, 0.4) is 0 Å². The summed E-state index contributed by atoms with van der Waals surface area (Å²) in [5.41, 5.74) is 5.28. The smallest absolute Gasteiger partial charge is 0.210 e. The van der Waals surface area contributed by atoms with Gasteiger partial charge < -0.3 is 10.6 Å². The van der Waals surface area contributed by atoms with Crippen molar-refractivity contribution in [2.75, 3.05) is 7.05 Å². The molecule has 0 rings (SSSR count). The monoisotopic (exact) mass is 144 g/mol. The largest absolute Gasteiger partial charge is 0.330 e. The second kappa shape index (κ2) is 3.01. The zero-order valence-corrected chi connectivity index (χ0v) is 7.09. The van der Waals surface area contributed by atoms with Crippen LogP contribution in [0.2, 0.25) is 0 Å². The van der Waals surface area contributed by atoms with Gasteiger partial charge in [0.15, 0.2) is 0 Å². The van der Waals surface area contributed by atoms with Crippen LogP contribution in [0.5, 0.6) is 0 Å². The van der Waals surface area contributed by atoms with Crippen LogP contribution in [0.4, 0.5) is 0 Å². The fourth-order valence-corrected chi connectivity index (χ4v) is 0.521. The predicted molar refractivity (Wildman–Crippen MR) is 41.3 cm³/mol. The highest BCUT2D eigenvalue weighted by Gasteiger charge is 2.26. The average molecular weight is 144 g/mol. The first-order valence-corrected chi connectivity index (χ1v) is 3.40. The lowest BCUT2D eigenvalue weighted by molar-refractivity contribution is -0.122. The first kappa shape index (κ1) is 9.43. The summed E-state index contributed by atoms with van der Waals surface area (Å²) in [6.07, 6.45) is 0.750. The summed E-state index contributed by atoms with van der Waals surface area (Å²) in [4.78, 5) is 11.8. The Morgan fingerprint density at radius 1 is 1.60 bits per heavy atom. The van der Waals surface area contributed by atoms with E-state index < -0.39 is 5.66 Å². The van der Waals surface area contributed by atoms with Crippen molar-refractivity contribution in [1.29, 1.82) is 0 Å². The molecule has 0 aliphatic rings. The Kier molecular flexibility index (Phi) is 2.84. The van der Waals surface area contributed by atoms with Crippen molar-refractivity contribution in [2.45, 2.75) is 26.4 Å². The van der Waals surface area contributed by atoms with Gasteiger partial charge in [0.05, 0.1) is 5.66 Å². The van der Waals surface area contributed by atoms with E-state index in [0.717, 1.165) is 6.41 Å². The minimum absolute atomic E-state index is 0.266. The molecule has 0 fully saturated rings. The number of carbonyl (C=O) groups is 1. The van der Waals surface area contributed by atoms with E-state index in [1.54, 1.807) is 7.05 Å². The maximum atomic E-state index is 10.3. The predicted octanol–water partition coefficient (Wildman–Crippen LogP) is 0.406. The van der Waals surface area contributed by atoms with Crippen LogP contribution < -0.4 is 5.73 Å². The van der Waals surface area contributed by atoms with Crippen molar-refractivity contribution in [1.82, 2.24) is 4.90 Å². The molecule has 0 spiro atoms. The minimum Gasteiger partial charge on any atom is -0.330 e. The summed E-state index contributed by atoms with van der Waals surface area (Å²) in [6.45, 7) is 5.81. The number of nitrogens with two attached hydrogens (primary N) is 1. The molecule has 0 radical (unpaired) electrons. The highest BCUT2D eigenvalue weighted by atomic mass is 16.1. The highest BCUT2D eigenvalue weighted by molar-refractivity contribution is 5.47. The zero-order valence-electron chi connectivity index (χ0n) is 7.09. The zero-order chi connectivity index (χ0) is 8.36. The van der Waals surface area contributed by atoms with Gasteiger partial charge in [-0.25, -0.2) is 0 Å². The number of nitrogens with zero attached hydrogens (tertiary/aromatic N) is 1. The maximum Gasteiger partial charge on any atom is 0.210 e. The van der Waals surface area contributed by atoms with Crippen molar-refractivity contribution in [3.05, 3.63) is 0 Å². The SMILES string of the molecule is CC(C)C(C)(N)N(C)C=O. The van der Waals surface area contributed by atoms with Crippen LogP contribution in [0, 0.1) is 5.92 Å².